The van der Waals surface area contributed by atoms with Crippen molar-refractivity contribution in [3.8, 4) is 23.0 Å². The lowest BCUT2D eigenvalue weighted by Crippen LogP contribution is -2.16. The number of hydrogen-bond acceptors (Lipinski definition) is 4. The van der Waals surface area contributed by atoms with Gasteiger partial charge in [-0.1, -0.05) is 104 Å². The van der Waals surface area contributed by atoms with E-state index in [1.807, 2.05) is 48.5 Å². The second kappa shape index (κ2) is 17.3. The van der Waals surface area contributed by atoms with E-state index in [2.05, 4.69) is 65.8 Å². The van der Waals surface area contributed by atoms with Gasteiger partial charge in [-0.15, -0.1) is 0 Å². The number of ether oxygens (including phenoxy) is 2. The number of benzene rings is 4. The summed E-state index contributed by atoms with van der Waals surface area (Å²) in [5.74, 6) is 6.24. The summed E-state index contributed by atoms with van der Waals surface area (Å²) in [6.45, 7) is 14.2. The molecule has 2 aliphatic rings. The summed E-state index contributed by atoms with van der Waals surface area (Å²) in [4.78, 5) is 0. The number of nitrogen functional groups attached to an aromatic ring is 2. The minimum atomic E-state index is 0.242. The summed E-state index contributed by atoms with van der Waals surface area (Å²) in [5.41, 5.74) is 22.0. The highest BCUT2D eigenvalue weighted by atomic mass is 16.5. The van der Waals surface area contributed by atoms with E-state index in [9.17, 15) is 0 Å². The van der Waals surface area contributed by atoms with Gasteiger partial charge in [-0.05, 0) is 150 Å². The van der Waals surface area contributed by atoms with Crippen molar-refractivity contribution < 1.29 is 9.47 Å². The molecule has 2 unspecified atom stereocenters. The van der Waals surface area contributed by atoms with Crippen LogP contribution in [0, 0.1) is 5.92 Å². The predicted octanol–water partition coefficient (Wildman–Crippen LogP) is 14.3. The highest BCUT2D eigenvalue weighted by Crippen LogP contribution is 2.50. The van der Waals surface area contributed by atoms with E-state index in [0.717, 1.165) is 47.2 Å². The van der Waals surface area contributed by atoms with Crippen molar-refractivity contribution in [3.05, 3.63) is 106 Å². The molecule has 52 heavy (non-hydrogen) atoms. The molecule has 4 N–H and O–H groups in total. The topological polar surface area (TPSA) is 70.5 Å². The van der Waals surface area contributed by atoms with Crippen LogP contribution in [0.4, 0.5) is 11.4 Å². The van der Waals surface area contributed by atoms with Crippen LogP contribution in [0.2, 0.25) is 0 Å². The zero-order valence-electron chi connectivity index (χ0n) is 32.8. The van der Waals surface area contributed by atoms with Crippen molar-refractivity contribution in [3.63, 3.8) is 0 Å². The Balaban J connectivity index is 1.55. The quantitative estimate of drug-likeness (QED) is 0.136. The van der Waals surface area contributed by atoms with Gasteiger partial charge >= 0.3 is 0 Å². The fraction of sp³-hybridized carbons (Fsp3) is 0.500. The zero-order valence-corrected chi connectivity index (χ0v) is 32.8. The Labute approximate surface area is 314 Å². The van der Waals surface area contributed by atoms with E-state index in [4.69, 9.17) is 20.9 Å². The minimum Gasteiger partial charge on any atom is -0.457 e. The Bertz CT molecular complexity index is 1620. The molecule has 0 heterocycles. The third-order valence-corrected chi connectivity index (χ3v) is 12.3. The first-order chi connectivity index (χ1) is 25.2. The molecule has 2 aliphatic carbocycles. The molecule has 278 valence electrons. The molecule has 4 aromatic rings. The summed E-state index contributed by atoms with van der Waals surface area (Å²) >= 11 is 0. The first-order valence-corrected chi connectivity index (χ1v) is 20.6. The standard InChI is InChI=1S/C48H64N2O2/c1-7-32(5)42-27-36(29-44(34-15-11-9-12-16-34)47(42)51-40-23-19-38(49)20-24-40)46(31(3)4)37-28-43(33(6)8-2)48(52-41-25-21-39(50)22-26-41)45(30-37)35-17-13-10-14-18-35/h19-35,46H,7-18,49-50H2,1-6H3. The minimum absolute atomic E-state index is 0.242. The maximum atomic E-state index is 6.94. The average Bonchev–Trinajstić information content (AvgIpc) is 3.17. The fourth-order valence-corrected chi connectivity index (χ4v) is 8.87. The van der Waals surface area contributed by atoms with Crippen molar-refractivity contribution in [1.29, 1.82) is 0 Å². The van der Waals surface area contributed by atoms with E-state index in [1.54, 1.807) is 0 Å². The maximum absolute atomic E-state index is 6.94. The van der Waals surface area contributed by atoms with Crippen LogP contribution in [0.3, 0.4) is 0 Å². The molecule has 4 aromatic carbocycles. The van der Waals surface area contributed by atoms with Crippen LogP contribution in [-0.4, -0.2) is 0 Å². The molecule has 2 saturated carbocycles. The predicted molar refractivity (Wildman–Crippen MR) is 220 cm³/mol. The molecule has 4 nitrogen and oxygen atoms in total. The molecule has 0 saturated heterocycles. The van der Waals surface area contributed by atoms with Crippen LogP contribution in [0.5, 0.6) is 23.0 Å². The molecule has 0 radical (unpaired) electrons. The van der Waals surface area contributed by atoms with Gasteiger partial charge in [0.25, 0.3) is 0 Å². The van der Waals surface area contributed by atoms with Crippen molar-refractivity contribution >= 4 is 11.4 Å². The van der Waals surface area contributed by atoms with Crippen LogP contribution in [0.1, 0.15) is 182 Å². The van der Waals surface area contributed by atoms with E-state index in [1.165, 1.54) is 97.6 Å². The van der Waals surface area contributed by atoms with Crippen LogP contribution in [0.15, 0.2) is 72.8 Å². The number of rotatable bonds is 13. The van der Waals surface area contributed by atoms with Crippen LogP contribution < -0.4 is 20.9 Å². The highest BCUT2D eigenvalue weighted by Gasteiger charge is 2.31. The number of nitrogens with two attached hydrogens (primary N) is 2. The van der Waals surface area contributed by atoms with Crippen LogP contribution >= 0.6 is 0 Å². The summed E-state index contributed by atoms with van der Waals surface area (Å²) in [5, 5.41) is 0. The Hall–Kier alpha value is -3.92. The Morgan fingerprint density at radius 1 is 0.538 bits per heavy atom. The van der Waals surface area contributed by atoms with Gasteiger partial charge in [0, 0.05) is 17.3 Å². The average molecular weight is 701 g/mol. The number of hydrogen-bond donors (Lipinski definition) is 2. The molecule has 4 heteroatoms. The SMILES string of the molecule is CCC(C)c1cc(C(c2cc(C(C)CC)c(Oc3ccc(N)cc3)c(C3CCCCC3)c2)C(C)C)cc(C2CCCCC2)c1Oc1ccc(N)cc1. The molecule has 0 aromatic heterocycles. The van der Waals surface area contributed by atoms with Gasteiger partial charge in [-0.25, -0.2) is 0 Å². The van der Waals surface area contributed by atoms with E-state index in [0.29, 0.717) is 29.6 Å². The second-order valence-corrected chi connectivity index (χ2v) is 16.4. The summed E-state index contributed by atoms with van der Waals surface area (Å²) < 4.78 is 13.9. The molecule has 2 fully saturated rings. The van der Waals surface area contributed by atoms with Gasteiger partial charge in [0.15, 0.2) is 0 Å². The third-order valence-electron chi connectivity index (χ3n) is 12.3. The van der Waals surface area contributed by atoms with Gasteiger partial charge in [-0.3, -0.25) is 0 Å². The Morgan fingerprint density at radius 3 is 1.23 bits per heavy atom. The van der Waals surface area contributed by atoms with E-state index >= 15 is 0 Å². The summed E-state index contributed by atoms with van der Waals surface area (Å²) in [6, 6.07) is 26.0. The zero-order chi connectivity index (χ0) is 36.8. The Kier molecular flexibility index (Phi) is 12.6. The molecular weight excluding hydrogens is 637 g/mol. The molecular formula is C48H64N2O2. The van der Waals surface area contributed by atoms with Crippen molar-refractivity contribution in [2.75, 3.05) is 11.5 Å². The van der Waals surface area contributed by atoms with Gasteiger partial charge < -0.3 is 20.9 Å². The van der Waals surface area contributed by atoms with Crippen LogP contribution in [0.25, 0.3) is 0 Å². The number of anilines is 2. The molecule has 0 spiro atoms. The molecule has 0 aliphatic heterocycles. The summed E-state index contributed by atoms with van der Waals surface area (Å²) in [7, 11) is 0. The Morgan fingerprint density at radius 2 is 0.904 bits per heavy atom. The van der Waals surface area contributed by atoms with Crippen LogP contribution in [-0.2, 0) is 0 Å². The first kappa shape index (κ1) is 37.8. The fourth-order valence-electron chi connectivity index (χ4n) is 8.87. The third kappa shape index (κ3) is 8.64. The monoisotopic (exact) mass is 700 g/mol. The lowest BCUT2D eigenvalue weighted by molar-refractivity contribution is 0.412. The van der Waals surface area contributed by atoms with Gasteiger partial charge in [0.2, 0.25) is 0 Å². The molecule has 0 amide bonds. The van der Waals surface area contributed by atoms with E-state index in [-0.39, 0.29) is 5.92 Å². The lowest BCUT2D eigenvalue weighted by Gasteiger charge is -2.32. The van der Waals surface area contributed by atoms with Crippen molar-refractivity contribution in [1.82, 2.24) is 0 Å². The highest BCUT2D eigenvalue weighted by molar-refractivity contribution is 5.57. The van der Waals surface area contributed by atoms with Gasteiger partial charge in [0.1, 0.15) is 23.0 Å². The normalized spacial score (nSPS) is 17.5. The molecule has 0 bridgehead atoms. The second-order valence-electron chi connectivity index (χ2n) is 16.4. The largest absolute Gasteiger partial charge is 0.457 e. The smallest absolute Gasteiger partial charge is 0.134 e. The summed E-state index contributed by atoms with van der Waals surface area (Å²) in [6.07, 6.45) is 14.7. The molecule has 6 rings (SSSR count). The van der Waals surface area contributed by atoms with Crippen molar-refractivity contribution in [2.45, 2.75) is 148 Å². The maximum Gasteiger partial charge on any atom is 0.134 e. The lowest BCUT2D eigenvalue weighted by atomic mass is 9.74. The van der Waals surface area contributed by atoms with Gasteiger partial charge in [-0.2, -0.15) is 0 Å². The van der Waals surface area contributed by atoms with Crippen molar-refractivity contribution in [2.24, 2.45) is 5.92 Å². The van der Waals surface area contributed by atoms with E-state index < -0.39 is 0 Å². The molecule has 2 atom stereocenters. The first-order valence-electron chi connectivity index (χ1n) is 20.6. The van der Waals surface area contributed by atoms with Gasteiger partial charge in [0.05, 0.1) is 0 Å².